The number of furan rings is 1. The molecule has 0 N–H and O–H groups in total. The van der Waals surface area contributed by atoms with Crippen LogP contribution in [0.15, 0.2) is 16.7 Å². The summed E-state index contributed by atoms with van der Waals surface area (Å²) in [5.74, 6) is 0.489. The molecule has 0 spiro atoms. The molecule has 4 amide bonds. The average Bonchev–Trinajstić information content (AvgIpc) is 3.10. The third kappa shape index (κ3) is 2.61. The standard InChI is InChI=1S/C19H25N3O4/c1-12-17(23)22(19(25)21(12)14-4-3-5-14)15-6-9-20(10-7-15)18(24)16-8-11-26-13(16)2/h8,11-12,14-15H,3-7,9-10H2,1-2H3. The average molecular weight is 359 g/mol. The van der Waals surface area contributed by atoms with E-state index in [0.717, 1.165) is 19.3 Å². The van der Waals surface area contributed by atoms with Crippen LogP contribution < -0.4 is 0 Å². The molecule has 0 aromatic carbocycles. The van der Waals surface area contributed by atoms with Crippen LogP contribution in [0.25, 0.3) is 0 Å². The number of urea groups is 1. The van der Waals surface area contributed by atoms with E-state index in [1.165, 1.54) is 11.2 Å². The Morgan fingerprint density at radius 3 is 2.35 bits per heavy atom. The number of imide groups is 1. The van der Waals surface area contributed by atoms with Crippen LogP contribution in [-0.4, -0.2) is 63.8 Å². The topological polar surface area (TPSA) is 74.1 Å². The second-order valence-electron chi connectivity index (χ2n) is 7.57. The van der Waals surface area contributed by atoms with Gasteiger partial charge in [0.2, 0.25) is 0 Å². The zero-order chi connectivity index (χ0) is 18.4. The highest BCUT2D eigenvalue weighted by atomic mass is 16.3. The molecule has 2 aliphatic heterocycles. The SMILES string of the molecule is Cc1occc1C(=O)N1CCC(N2C(=O)C(C)N(C3CCC3)C2=O)CC1. The predicted molar refractivity (Wildman–Crippen MR) is 93.6 cm³/mol. The molecule has 26 heavy (non-hydrogen) atoms. The van der Waals surface area contributed by atoms with Crippen LogP contribution in [-0.2, 0) is 4.79 Å². The van der Waals surface area contributed by atoms with Crippen molar-refractivity contribution in [1.29, 1.82) is 0 Å². The first-order chi connectivity index (χ1) is 12.5. The van der Waals surface area contributed by atoms with Crippen LogP contribution in [0.5, 0.6) is 0 Å². The van der Waals surface area contributed by atoms with E-state index in [4.69, 9.17) is 4.42 Å². The Bertz CT molecular complexity index is 731. The highest BCUT2D eigenvalue weighted by Gasteiger charge is 2.49. The summed E-state index contributed by atoms with van der Waals surface area (Å²) in [6.07, 6.45) is 5.90. The Morgan fingerprint density at radius 1 is 1.12 bits per heavy atom. The summed E-state index contributed by atoms with van der Waals surface area (Å²) in [7, 11) is 0. The van der Waals surface area contributed by atoms with Crippen molar-refractivity contribution in [2.45, 2.75) is 64.1 Å². The third-order valence-corrected chi connectivity index (χ3v) is 6.11. The zero-order valence-corrected chi connectivity index (χ0v) is 15.3. The minimum Gasteiger partial charge on any atom is -0.469 e. The van der Waals surface area contributed by atoms with E-state index < -0.39 is 0 Å². The van der Waals surface area contributed by atoms with Crippen molar-refractivity contribution >= 4 is 17.8 Å². The second-order valence-corrected chi connectivity index (χ2v) is 7.57. The second kappa shape index (κ2) is 6.45. The van der Waals surface area contributed by atoms with Crippen molar-refractivity contribution in [3.05, 3.63) is 23.7 Å². The number of hydrogen-bond donors (Lipinski definition) is 0. The van der Waals surface area contributed by atoms with Crippen molar-refractivity contribution in [2.24, 2.45) is 0 Å². The molecule has 3 heterocycles. The van der Waals surface area contributed by atoms with E-state index in [1.54, 1.807) is 22.8 Å². The van der Waals surface area contributed by atoms with Crippen LogP contribution in [0.1, 0.15) is 55.1 Å². The Hall–Kier alpha value is -2.31. The number of aryl methyl sites for hydroxylation is 1. The van der Waals surface area contributed by atoms with Gasteiger partial charge in [-0.15, -0.1) is 0 Å². The molecule has 3 fully saturated rings. The monoisotopic (exact) mass is 359 g/mol. The quantitative estimate of drug-likeness (QED) is 0.777. The number of likely N-dealkylation sites (tertiary alicyclic amines) is 1. The summed E-state index contributed by atoms with van der Waals surface area (Å²) in [4.78, 5) is 43.1. The molecule has 7 heteroatoms. The van der Waals surface area contributed by atoms with Crippen molar-refractivity contribution < 1.29 is 18.8 Å². The minimum atomic E-state index is -0.360. The van der Waals surface area contributed by atoms with E-state index in [-0.39, 0.29) is 36.0 Å². The molecule has 1 atom stereocenters. The molecule has 2 saturated heterocycles. The Balaban J connectivity index is 1.41. The van der Waals surface area contributed by atoms with Gasteiger partial charge >= 0.3 is 6.03 Å². The van der Waals surface area contributed by atoms with Crippen molar-refractivity contribution in [1.82, 2.24) is 14.7 Å². The lowest BCUT2D eigenvalue weighted by Gasteiger charge is -2.38. The molecular weight excluding hydrogens is 334 g/mol. The summed E-state index contributed by atoms with van der Waals surface area (Å²) < 4.78 is 5.22. The molecule has 1 aliphatic carbocycles. The van der Waals surface area contributed by atoms with Crippen LogP contribution in [0, 0.1) is 6.92 Å². The number of hydrogen-bond acceptors (Lipinski definition) is 4. The van der Waals surface area contributed by atoms with Gasteiger partial charge in [-0.25, -0.2) is 4.79 Å². The smallest absolute Gasteiger partial charge is 0.327 e. The third-order valence-electron chi connectivity index (χ3n) is 6.11. The summed E-state index contributed by atoms with van der Waals surface area (Å²) in [5, 5.41) is 0. The van der Waals surface area contributed by atoms with E-state index >= 15 is 0 Å². The first kappa shape index (κ1) is 17.1. The highest BCUT2D eigenvalue weighted by molar-refractivity contribution is 6.04. The fourth-order valence-electron chi connectivity index (χ4n) is 4.28. The Kier molecular flexibility index (Phi) is 4.25. The fraction of sp³-hybridized carbons (Fsp3) is 0.632. The first-order valence-electron chi connectivity index (χ1n) is 9.47. The Morgan fingerprint density at radius 2 is 1.81 bits per heavy atom. The number of nitrogens with zero attached hydrogens (tertiary/aromatic N) is 3. The molecule has 1 aromatic rings. The molecule has 0 bridgehead atoms. The molecule has 7 nitrogen and oxygen atoms in total. The highest BCUT2D eigenvalue weighted by Crippen LogP contribution is 2.34. The molecular formula is C19H25N3O4. The molecule has 3 aliphatic rings. The summed E-state index contributed by atoms with van der Waals surface area (Å²) in [6, 6.07) is 1.30. The van der Waals surface area contributed by atoms with Gasteiger partial charge in [0.15, 0.2) is 0 Å². The molecule has 1 aromatic heterocycles. The molecule has 1 saturated carbocycles. The molecule has 1 unspecified atom stereocenters. The van der Waals surface area contributed by atoms with Gasteiger partial charge in [0.1, 0.15) is 11.8 Å². The maximum atomic E-state index is 12.8. The van der Waals surface area contributed by atoms with Gasteiger partial charge in [-0.3, -0.25) is 14.5 Å². The lowest BCUT2D eigenvalue weighted by Crippen LogP contribution is -2.50. The van der Waals surface area contributed by atoms with E-state index in [0.29, 0.717) is 37.3 Å². The zero-order valence-electron chi connectivity index (χ0n) is 15.3. The predicted octanol–water partition coefficient (Wildman–Crippen LogP) is 2.40. The van der Waals surface area contributed by atoms with Gasteiger partial charge < -0.3 is 14.2 Å². The first-order valence-corrected chi connectivity index (χ1v) is 9.47. The van der Waals surface area contributed by atoms with Gasteiger partial charge in [0.25, 0.3) is 11.8 Å². The number of carbonyl (C=O) groups is 3. The number of amides is 4. The van der Waals surface area contributed by atoms with Gasteiger partial charge in [0.05, 0.1) is 11.8 Å². The van der Waals surface area contributed by atoms with Crippen molar-refractivity contribution in [2.75, 3.05) is 13.1 Å². The van der Waals surface area contributed by atoms with Crippen molar-refractivity contribution in [3.8, 4) is 0 Å². The maximum Gasteiger partial charge on any atom is 0.327 e. The van der Waals surface area contributed by atoms with Crippen LogP contribution in [0.2, 0.25) is 0 Å². The summed E-state index contributed by atoms with van der Waals surface area (Å²) >= 11 is 0. The van der Waals surface area contributed by atoms with Crippen LogP contribution in [0.4, 0.5) is 4.79 Å². The lowest BCUT2D eigenvalue weighted by atomic mass is 9.91. The van der Waals surface area contributed by atoms with E-state index in [9.17, 15) is 14.4 Å². The number of carbonyl (C=O) groups excluding carboxylic acids is 3. The lowest BCUT2D eigenvalue weighted by molar-refractivity contribution is -0.130. The van der Waals surface area contributed by atoms with Gasteiger partial charge in [0, 0.05) is 25.2 Å². The summed E-state index contributed by atoms with van der Waals surface area (Å²) in [6.45, 7) is 4.70. The van der Waals surface area contributed by atoms with E-state index in [1.807, 2.05) is 6.92 Å². The van der Waals surface area contributed by atoms with Gasteiger partial charge in [-0.2, -0.15) is 0 Å². The Labute approximate surface area is 152 Å². The van der Waals surface area contributed by atoms with Crippen LogP contribution >= 0.6 is 0 Å². The van der Waals surface area contributed by atoms with Crippen molar-refractivity contribution in [3.63, 3.8) is 0 Å². The number of piperidine rings is 1. The van der Waals surface area contributed by atoms with Gasteiger partial charge in [-0.1, -0.05) is 0 Å². The molecule has 140 valence electrons. The minimum absolute atomic E-state index is 0.0433. The summed E-state index contributed by atoms with van der Waals surface area (Å²) in [5.41, 5.74) is 0.585. The maximum absolute atomic E-state index is 12.8. The normalized spacial score (nSPS) is 25.2. The molecule has 4 rings (SSSR count). The largest absolute Gasteiger partial charge is 0.469 e. The van der Waals surface area contributed by atoms with Crippen LogP contribution in [0.3, 0.4) is 0 Å². The number of rotatable bonds is 3. The van der Waals surface area contributed by atoms with E-state index in [2.05, 4.69) is 0 Å². The fourth-order valence-corrected chi connectivity index (χ4v) is 4.28. The van der Waals surface area contributed by atoms with Gasteiger partial charge in [-0.05, 0) is 52.0 Å². The molecule has 0 radical (unpaired) electrons.